The maximum Gasteiger partial charge on any atom is 0.105 e. The molecular weight excluding hydrogens is 282 g/mol. The lowest BCUT2D eigenvalue weighted by atomic mass is 9.97. The fourth-order valence-electron chi connectivity index (χ4n) is 2.64. The second-order valence-corrected chi connectivity index (χ2v) is 6.77. The van der Waals surface area contributed by atoms with E-state index in [9.17, 15) is 5.11 Å². The van der Waals surface area contributed by atoms with E-state index in [1.165, 1.54) is 15.3 Å². The van der Waals surface area contributed by atoms with Crippen LogP contribution >= 0.6 is 11.3 Å². The van der Waals surface area contributed by atoms with Crippen LogP contribution in [0.2, 0.25) is 0 Å². The van der Waals surface area contributed by atoms with Crippen molar-refractivity contribution in [3.8, 4) is 10.4 Å². The molecule has 0 radical (unpaired) electrons. The summed E-state index contributed by atoms with van der Waals surface area (Å²) in [6.45, 7) is 3.95. The maximum absolute atomic E-state index is 10.4. The van der Waals surface area contributed by atoms with Gasteiger partial charge in [-0.25, -0.2) is 0 Å². The minimum absolute atomic E-state index is 0.0896. The molecule has 1 aliphatic rings. The highest BCUT2D eigenvalue weighted by Gasteiger charge is 2.38. The van der Waals surface area contributed by atoms with Crippen molar-refractivity contribution < 1.29 is 9.84 Å². The van der Waals surface area contributed by atoms with Gasteiger partial charge in [0.05, 0.1) is 6.10 Å². The summed E-state index contributed by atoms with van der Waals surface area (Å²) in [5, 5.41) is 13.8. The molecule has 3 rings (SSSR count). The normalized spacial score (nSPS) is 25.3. The number of rotatable bonds is 5. The number of hydrogen-bond acceptors (Lipinski definition) is 4. The molecule has 1 fully saturated rings. The lowest BCUT2D eigenvalue weighted by molar-refractivity contribution is -0.0262. The minimum atomic E-state index is -0.723. The smallest absolute Gasteiger partial charge is 0.105 e. The van der Waals surface area contributed by atoms with Gasteiger partial charge in [0.15, 0.2) is 0 Å². The molecule has 3 nitrogen and oxygen atoms in total. The molecule has 2 atom stereocenters. The van der Waals surface area contributed by atoms with Crippen LogP contribution in [0.5, 0.6) is 0 Å². The van der Waals surface area contributed by atoms with Crippen molar-refractivity contribution in [3.05, 3.63) is 47.3 Å². The zero-order chi connectivity index (χ0) is 14.7. The summed E-state index contributed by atoms with van der Waals surface area (Å²) in [5.41, 5.74) is 0.532. The van der Waals surface area contributed by atoms with Gasteiger partial charge in [0, 0.05) is 35.9 Å². The van der Waals surface area contributed by atoms with Gasteiger partial charge in [0.2, 0.25) is 0 Å². The highest BCUT2D eigenvalue weighted by Crippen LogP contribution is 2.28. The summed E-state index contributed by atoms with van der Waals surface area (Å²) in [5.74, 6) is 0. The predicted octanol–water partition coefficient (Wildman–Crippen LogP) is 3.04. The first kappa shape index (κ1) is 14.7. The third kappa shape index (κ3) is 3.35. The van der Waals surface area contributed by atoms with E-state index in [0.29, 0.717) is 19.6 Å². The molecular formula is C17H21NO2S. The maximum atomic E-state index is 10.4. The molecule has 0 spiro atoms. The lowest BCUT2D eigenvalue weighted by Gasteiger charge is -2.26. The molecule has 2 aromatic rings. The van der Waals surface area contributed by atoms with Crippen LogP contribution in [-0.2, 0) is 11.3 Å². The molecule has 1 saturated heterocycles. The summed E-state index contributed by atoms with van der Waals surface area (Å²) >= 11 is 1.79. The van der Waals surface area contributed by atoms with Gasteiger partial charge in [-0.1, -0.05) is 30.3 Å². The molecule has 0 bridgehead atoms. The van der Waals surface area contributed by atoms with Gasteiger partial charge in [0.25, 0.3) is 0 Å². The predicted molar refractivity (Wildman–Crippen MR) is 86.4 cm³/mol. The van der Waals surface area contributed by atoms with E-state index in [2.05, 4.69) is 41.7 Å². The van der Waals surface area contributed by atoms with Crippen molar-refractivity contribution in [1.82, 2.24) is 5.32 Å². The van der Waals surface area contributed by atoms with Crippen LogP contribution in [0, 0.1) is 0 Å². The average molecular weight is 303 g/mol. The van der Waals surface area contributed by atoms with E-state index >= 15 is 0 Å². The first-order valence-electron chi connectivity index (χ1n) is 7.36. The van der Waals surface area contributed by atoms with Crippen LogP contribution in [0.25, 0.3) is 10.4 Å². The van der Waals surface area contributed by atoms with Crippen LogP contribution in [0.4, 0.5) is 0 Å². The van der Waals surface area contributed by atoms with Gasteiger partial charge >= 0.3 is 0 Å². The van der Waals surface area contributed by atoms with Gasteiger partial charge in [0.1, 0.15) is 5.60 Å². The topological polar surface area (TPSA) is 41.5 Å². The second kappa shape index (κ2) is 6.28. The molecule has 0 saturated carbocycles. The van der Waals surface area contributed by atoms with Crippen molar-refractivity contribution in [2.24, 2.45) is 0 Å². The Morgan fingerprint density at radius 2 is 2.10 bits per heavy atom. The van der Waals surface area contributed by atoms with Gasteiger partial charge in [-0.2, -0.15) is 0 Å². The minimum Gasteiger partial charge on any atom is -0.386 e. The van der Waals surface area contributed by atoms with Crippen LogP contribution in [-0.4, -0.2) is 30.0 Å². The number of ether oxygens (including phenoxy) is 1. The van der Waals surface area contributed by atoms with Crippen LogP contribution in [0.1, 0.15) is 18.2 Å². The Kier molecular flexibility index (Phi) is 4.40. The van der Waals surface area contributed by atoms with E-state index < -0.39 is 5.60 Å². The molecule has 112 valence electrons. The number of hydrogen-bond donors (Lipinski definition) is 2. The molecule has 0 aliphatic carbocycles. The highest BCUT2D eigenvalue weighted by atomic mass is 32.1. The number of thiophene rings is 1. The molecule has 21 heavy (non-hydrogen) atoms. The van der Waals surface area contributed by atoms with E-state index in [-0.39, 0.29) is 6.10 Å². The lowest BCUT2D eigenvalue weighted by Crippen LogP contribution is -2.45. The van der Waals surface area contributed by atoms with E-state index in [1.54, 1.807) is 11.3 Å². The van der Waals surface area contributed by atoms with Gasteiger partial charge in [-0.3, -0.25) is 0 Å². The van der Waals surface area contributed by atoms with Crippen molar-refractivity contribution in [2.45, 2.75) is 31.6 Å². The monoisotopic (exact) mass is 303 g/mol. The first-order valence-corrected chi connectivity index (χ1v) is 8.18. The fourth-order valence-corrected chi connectivity index (χ4v) is 3.62. The Bertz CT molecular complexity index is 583. The molecule has 4 heteroatoms. The zero-order valence-corrected chi connectivity index (χ0v) is 13.0. The number of nitrogens with one attached hydrogen (secondary N) is 1. The highest BCUT2D eigenvalue weighted by molar-refractivity contribution is 7.15. The first-order chi connectivity index (χ1) is 10.2. The quantitative estimate of drug-likeness (QED) is 0.892. The number of benzene rings is 1. The average Bonchev–Trinajstić information content (AvgIpc) is 3.09. The molecule has 2 unspecified atom stereocenters. The molecule has 2 N–H and O–H groups in total. The van der Waals surface area contributed by atoms with Crippen molar-refractivity contribution >= 4 is 11.3 Å². The standard InChI is InChI=1S/C17H21NO2S/c1-13-17(19,9-10-20-13)12-18-11-15-7-8-16(21-15)14-5-3-2-4-6-14/h2-8,13,18-19H,9-12H2,1H3. The Hall–Kier alpha value is -1.20. The molecule has 2 heterocycles. The summed E-state index contributed by atoms with van der Waals surface area (Å²) < 4.78 is 5.45. The van der Waals surface area contributed by atoms with E-state index in [1.807, 2.05) is 13.0 Å². The largest absolute Gasteiger partial charge is 0.386 e. The third-order valence-electron chi connectivity index (χ3n) is 4.11. The molecule has 1 aromatic carbocycles. The van der Waals surface area contributed by atoms with Gasteiger partial charge in [-0.15, -0.1) is 11.3 Å². The molecule has 1 aliphatic heterocycles. The SMILES string of the molecule is CC1OCCC1(O)CNCc1ccc(-c2ccccc2)s1. The second-order valence-electron chi connectivity index (χ2n) is 5.60. The van der Waals surface area contributed by atoms with Crippen molar-refractivity contribution in [2.75, 3.05) is 13.2 Å². The molecule has 0 amide bonds. The van der Waals surface area contributed by atoms with E-state index in [0.717, 1.165) is 6.54 Å². The van der Waals surface area contributed by atoms with Crippen molar-refractivity contribution in [1.29, 1.82) is 0 Å². The zero-order valence-electron chi connectivity index (χ0n) is 12.2. The Balaban J connectivity index is 1.56. The van der Waals surface area contributed by atoms with Crippen LogP contribution in [0.3, 0.4) is 0 Å². The fraction of sp³-hybridized carbons (Fsp3) is 0.412. The van der Waals surface area contributed by atoms with E-state index in [4.69, 9.17) is 4.74 Å². The Labute approximate surface area is 129 Å². The third-order valence-corrected chi connectivity index (χ3v) is 5.24. The summed E-state index contributed by atoms with van der Waals surface area (Å²) in [7, 11) is 0. The van der Waals surface area contributed by atoms with Crippen LogP contribution in [0.15, 0.2) is 42.5 Å². The van der Waals surface area contributed by atoms with Gasteiger partial charge in [-0.05, 0) is 24.6 Å². The van der Waals surface area contributed by atoms with Crippen molar-refractivity contribution in [3.63, 3.8) is 0 Å². The summed E-state index contributed by atoms with van der Waals surface area (Å²) in [6, 6.07) is 14.7. The van der Waals surface area contributed by atoms with Crippen LogP contribution < -0.4 is 5.32 Å². The number of aliphatic hydroxyl groups is 1. The molecule has 1 aromatic heterocycles. The van der Waals surface area contributed by atoms with Gasteiger partial charge < -0.3 is 15.2 Å². The Morgan fingerprint density at radius 3 is 2.81 bits per heavy atom. The summed E-state index contributed by atoms with van der Waals surface area (Å²) in [6.07, 6.45) is 0.620. The summed E-state index contributed by atoms with van der Waals surface area (Å²) in [4.78, 5) is 2.56. The Morgan fingerprint density at radius 1 is 1.29 bits per heavy atom.